The first-order valence-corrected chi connectivity index (χ1v) is 9.09. The number of aromatic nitrogens is 1. The van der Waals surface area contributed by atoms with E-state index in [1.807, 2.05) is 41.3 Å². The van der Waals surface area contributed by atoms with Crippen molar-refractivity contribution < 1.29 is 4.79 Å². The molecule has 1 heterocycles. The summed E-state index contributed by atoms with van der Waals surface area (Å²) in [5.41, 5.74) is 3.01. The lowest BCUT2D eigenvalue weighted by Crippen LogP contribution is -2.34. The Bertz CT molecular complexity index is 776. The third-order valence-corrected chi connectivity index (χ3v) is 4.51. The smallest absolute Gasteiger partial charge is 0.255 e. The quantitative estimate of drug-likeness (QED) is 0.571. The molecule has 1 aromatic heterocycles. The van der Waals surface area contributed by atoms with Crippen molar-refractivity contribution in [1.29, 1.82) is 0 Å². The lowest BCUT2D eigenvalue weighted by molar-refractivity contribution is 0.0759. The summed E-state index contributed by atoms with van der Waals surface area (Å²) in [4.78, 5) is 18.9. The molecule has 0 radical (unpaired) electrons. The van der Waals surface area contributed by atoms with Gasteiger partial charge in [-0.2, -0.15) is 0 Å². The number of carbonyl (C=O) groups excluding carboxylic acids is 1. The van der Waals surface area contributed by atoms with Crippen molar-refractivity contribution in [2.45, 2.75) is 12.8 Å². The summed E-state index contributed by atoms with van der Waals surface area (Å²) in [6, 6.07) is 23.8. The van der Waals surface area contributed by atoms with Crippen LogP contribution >= 0.6 is 11.6 Å². The second-order valence-electron chi connectivity index (χ2n) is 6.13. The molecular weight excluding hydrogens is 344 g/mol. The first kappa shape index (κ1) is 18.2. The Labute approximate surface area is 159 Å². The molecule has 132 valence electrons. The zero-order valence-corrected chi connectivity index (χ0v) is 15.3. The van der Waals surface area contributed by atoms with Crippen molar-refractivity contribution in [3.05, 3.63) is 101 Å². The second-order valence-corrected chi connectivity index (χ2v) is 6.52. The summed E-state index contributed by atoms with van der Waals surface area (Å²) in [6.45, 7) is 1.33. The van der Waals surface area contributed by atoms with Crippen molar-refractivity contribution >= 4 is 17.5 Å². The third kappa shape index (κ3) is 5.17. The number of hydrogen-bond donors (Lipinski definition) is 0. The normalized spacial score (nSPS) is 10.5. The van der Waals surface area contributed by atoms with Crippen LogP contribution in [0.4, 0.5) is 0 Å². The second kappa shape index (κ2) is 9.16. The summed E-state index contributed by atoms with van der Waals surface area (Å²) in [5, 5.41) is 0.390. The van der Waals surface area contributed by atoms with Gasteiger partial charge in [0.05, 0.1) is 5.56 Å². The van der Waals surface area contributed by atoms with E-state index in [-0.39, 0.29) is 5.91 Å². The molecule has 3 rings (SSSR count). The fraction of sp³-hybridized carbons (Fsp3) is 0.182. The minimum Gasteiger partial charge on any atom is -0.338 e. The van der Waals surface area contributed by atoms with Crippen LogP contribution in [0.15, 0.2) is 79.0 Å². The van der Waals surface area contributed by atoms with E-state index in [1.165, 1.54) is 11.1 Å². The highest BCUT2D eigenvalue weighted by Crippen LogP contribution is 2.11. The van der Waals surface area contributed by atoms with Crippen LogP contribution in [-0.2, 0) is 12.8 Å². The number of rotatable bonds is 7. The molecule has 0 saturated carbocycles. The molecule has 0 spiro atoms. The van der Waals surface area contributed by atoms with Gasteiger partial charge < -0.3 is 4.90 Å². The Morgan fingerprint density at radius 3 is 1.81 bits per heavy atom. The van der Waals surface area contributed by atoms with Gasteiger partial charge in [-0.05, 0) is 36.1 Å². The van der Waals surface area contributed by atoms with Crippen LogP contribution in [0.5, 0.6) is 0 Å². The maximum Gasteiger partial charge on any atom is 0.255 e. The molecule has 26 heavy (non-hydrogen) atoms. The van der Waals surface area contributed by atoms with Gasteiger partial charge in [0, 0.05) is 19.3 Å². The fourth-order valence-corrected chi connectivity index (χ4v) is 2.93. The van der Waals surface area contributed by atoms with E-state index in [4.69, 9.17) is 11.6 Å². The van der Waals surface area contributed by atoms with Crippen LogP contribution < -0.4 is 0 Å². The van der Waals surface area contributed by atoms with Gasteiger partial charge in [0.2, 0.25) is 0 Å². The van der Waals surface area contributed by atoms with E-state index in [0.29, 0.717) is 23.8 Å². The van der Waals surface area contributed by atoms with Gasteiger partial charge in [-0.15, -0.1) is 0 Å². The zero-order chi connectivity index (χ0) is 18.2. The van der Waals surface area contributed by atoms with Crippen LogP contribution in [0.1, 0.15) is 21.5 Å². The number of halogens is 1. The van der Waals surface area contributed by atoms with E-state index in [0.717, 1.165) is 12.8 Å². The predicted molar refractivity (Wildman–Crippen MR) is 105 cm³/mol. The van der Waals surface area contributed by atoms with Gasteiger partial charge in [0.25, 0.3) is 5.91 Å². The average Bonchev–Trinajstić information content (AvgIpc) is 2.70. The van der Waals surface area contributed by atoms with Crippen molar-refractivity contribution in [1.82, 2.24) is 9.88 Å². The van der Waals surface area contributed by atoms with Crippen LogP contribution in [0.2, 0.25) is 5.15 Å². The summed E-state index contributed by atoms with van der Waals surface area (Å²) in [6.07, 6.45) is 3.19. The SMILES string of the molecule is O=C(c1ccc(Cl)nc1)N(CCc1ccccc1)CCc1ccccc1. The number of hydrogen-bond acceptors (Lipinski definition) is 2. The molecule has 3 nitrogen and oxygen atoms in total. The summed E-state index contributed by atoms with van der Waals surface area (Å²) >= 11 is 5.84. The Morgan fingerprint density at radius 2 is 1.35 bits per heavy atom. The fourth-order valence-electron chi connectivity index (χ4n) is 2.82. The van der Waals surface area contributed by atoms with Crippen LogP contribution in [0.25, 0.3) is 0 Å². The first-order valence-electron chi connectivity index (χ1n) is 8.71. The summed E-state index contributed by atoms with van der Waals surface area (Å²) in [5.74, 6) is -0.0129. The average molecular weight is 365 g/mol. The highest BCUT2D eigenvalue weighted by Gasteiger charge is 2.16. The molecule has 0 bridgehead atoms. The Balaban J connectivity index is 1.71. The molecule has 0 atom stereocenters. The van der Waals surface area contributed by atoms with E-state index in [9.17, 15) is 4.79 Å². The van der Waals surface area contributed by atoms with Gasteiger partial charge in [-0.3, -0.25) is 4.79 Å². The number of pyridine rings is 1. The standard InChI is InChI=1S/C22H21ClN2O/c23-21-12-11-20(17-24-21)22(26)25(15-13-18-7-3-1-4-8-18)16-14-19-9-5-2-6-10-19/h1-12,17H,13-16H2. The highest BCUT2D eigenvalue weighted by molar-refractivity contribution is 6.29. The molecule has 0 aliphatic carbocycles. The van der Waals surface area contributed by atoms with Crippen molar-refractivity contribution in [2.24, 2.45) is 0 Å². The van der Waals surface area contributed by atoms with Crippen molar-refractivity contribution in [2.75, 3.05) is 13.1 Å². The molecule has 0 unspecified atom stereocenters. The Kier molecular flexibility index (Phi) is 6.39. The molecule has 0 fully saturated rings. The molecule has 0 aliphatic heterocycles. The van der Waals surface area contributed by atoms with Gasteiger partial charge in [0.1, 0.15) is 5.15 Å². The van der Waals surface area contributed by atoms with E-state index in [1.54, 1.807) is 18.3 Å². The van der Waals surface area contributed by atoms with Crippen LogP contribution in [-0.4, -0.2) is 28.9 Å². The molecule has 0 N–H and O–H groups in total. The molecule has 2 aromatic carbocycles. The van der Waals surface area contributed by atoms with Crippen LogP contribution in [0.3, 0.4) is 0 Å². The van der Waals surface area contributed by atoms with E-state index in [2.05, 4.69) is 29.2 Å². The van der Waals surface area contributed by atoms with Gasteiger partial charge in [0.15, 0.2) is 0 Å². The number of benzene rings is 2. The predicted octanol–water partition coefficient (Wildman–Crippen LogP) is 4.66. The van der Waals surface area contributed by atoms with Gasteiger partial charge >= 0.3 is 0 Å². The largest absolute Gasteiger partial charge is 0.338 e. The summed E-state index contributed by atoms with van der Waals surface area (Å²) in [7, 11) is 0. The van der Waals surface area contributed by atoms with Crippen molar-refractivity contribution in [3.8, 4) is 0 Å². The molecular formula is C22H21ClN2O. The van der Waals surface area contributed by atoms with Crippen molar-refractivity contribution in [3.63, 3.8) is 0 Å². The number of nitrogens with zero attached hydrogens (tertiary/aromatic N) is 2. The first-order chi connectivity index (χ1) is 12.7. The highest BCUT2D eigenvalue weighted by atomic mass is 35.5. The molecule has 0 saturated heterocycles. The monoisotopic (exact) mass is 364 g/mol. The third-order valence-electron chi connectivity index (χ3n) is 4.29. The van der Waals surface area contributed by atoms with E-state index < -0.39 is 0 Å². The lowest BCUT2D eigenvalue weighted by Gasteiger charge is -2.23. The number of carbonyl (C=O) groups is 1. The van der Waals surface area contributed by atoms with E-state index >= 15 is 0 Å². The lowest BCUT2D eigenvalue weighted by atomic mass is 10.1. The van der Waals surface area contributed by atoms with Gasteiger partial charge in [-0.1, -0.05) is 72.3 Å². The molecule has 1 amide bonds. The molecule has 4 heteroatoms. The Morgan fingerprint density at radius 1 is 0.808 bits per heavy atom. The minimum absolute atomic E-state index is 0.0129. The molecule has 0 aliphatic rings. The Hall–Kier alpha value is -2.65. The topological polar surface area (TPSA) is 33.2 Å². The maximum atomic E-state index is 12.9. The number of amides is 1. The molecule has 3 aromatic rings. The summed E-state index contributed by atoms with van der Waals surface area (Å²) < 4.78 is 0. The van der Waals surface area contributed by atoms with Crippen LogP contribution in [0, 0.1) is 0 Å². The minimum atomic E-state index is -0.0129. The maximum absolute atomic E-state index is 12.9. The zero-order valence-electron chi connectivity index (χ0n) is 14.5. The van der Waals surface area contributed by atoms with Gasteiger partial charge in [-0.25, -0.2) is 4.98 Å².